The summed E-state index contributed by atoms with van der Waals surface area (Å²) in [7, 11) is 0. The van der Waals surface area contributed by atoms with Crippen molar-refractivity contribution in [2.75, 3.05) is 0 Å². The fourth-order valence-electron chi connectivity index (χ4n) is 3.64. The highest BCUT2D eigenvalue weighted by atomic mass is 32.1. The molecule has 0 amide bonds. The lowest BCUT2D eigenvalue weighted by molar-refractivity contribution is -0.151. The van der Waals surface area contributed by atoms with Gasteiger partial charge in [-0.05, 0) is 56.9 Å². The van der Waals surface area contributed by atoms with Crippen molar-refractivity contribution >= 4 is 27.5 Å². The molecule has 0 spiro atoms. The van der Waals surface area contributed by atoms with Crippen LogP contribution in [-0.4, -0.2) is 21.6 Å². The van der Waals surface area contributed by atoms with E-state index in [1.54, 1.807) is 32.1 Å². The van der Waals surface area contributed by atoms with Gasteiger partial charge in [0.1, 0.15) is 10.9 Å². The first-order valence-electron chi connectivity index (χ1n) is 9.31. The SMILES string of the molecule is CC(C)OC(=O)[C@@H](C)n1cnc2sc3c(c2c1=O)CC[C@@H](C(C)(C)C)C3. The molecular formula is C20H28N2O3S. The third-order valence-electron chi connectivity index (χ3n) is 5.33. The topological polar surface area (TPSA) is 61.2 Å². The standard InChI is InChI=1S/C20H28N2O3S/c1-11(2)25-19(24)12(3)22-10-21-17-16(18(22)23)14-8-7-13(20(4,5)6)9-15(14)26-17/h10-13H,7-9H2,1-6H3/t12-,13-/m1/s1. The zero-order chi connectivity index (χ0) is 19.2. The molecule has 0 saturated carbocycles. The van der Waals surface area contributed by atoms with Crippen molar-refractivity contribution in [2.45, 2.75) is 73.0 Å². The summed E-state index contributed by atoms with van der Waals surface area (Å²) in [5, 5.41) is 0.698. The number of hydrogen-bond donors (Lipinski definition) is 0. The van der Waals surface area contributed by atoms with E-state index in [1.165, 1.54) is 15.8 Å². The second kappa shape index (κ2) is 6.80. The summed E-state index contributed by atoms with van der Waals surface area (Å²) >= 11 is 1.63. The van der Waals surface area contributed by atoms with Gasteiger partial charge < -0.3 is 4.74 Å². The zero-order valence-electron chi connectivity index (χ0n) is 16.5. The number of esters is 1. The van der Waals surface area contributed by atoms with Gasteiger partial charge in [-0.15, -0.1) is 11.3 Å². The molecule has 3 rings (SSSR count). The van der Waals surface area contributed by atoms with Gasteiger partial charge in [0.2, 0.25) is 0 Å². The summed E-state index contributed by atoms with van der Waals surface area (Å²) in [4.78, 5) is 31.9. The molecule has 0 radical (unpaired) electrons. The third kappa shape index (κ3) is 3.43. The Labute approximate surface area is 158 Å². The van der Waals surface area contributed by atoms with Crippen molar-refractivity contribution in [3.8, 4) is 0 Å². The Morgan fingerprint density at radius 2 is 2.04 bits per heavy atom. The van der Waals surface area contributed by atoms with E-state index in [1.807, 2.05) is 0 Å². The summed E-state index contributed by atoms with van der Waals surface area (Å²) in [6.45, 7) is 12.1. The van der Waals surface area contributed by atoms with Gasteiger partial charge in [0.25, 0.3) is 5.56 Å². The molecule has 2 aromatic rings. The molecular weight excluding hydrogens is 348 g/mol. The van der Waals surface area contributed by atoms with Crippen molar-refractivity contribution in [3.63, 3.8) is 0 Å². The van der Waals surface area contributed by atoms with Gasteiger partial charge in [0.15, 0.2) is 0 Å². The summed E-state index contributed by atoms with van der Waals surface area (Å²) in [6.07, 6.45) is 4.27. The molecule has 1 aliphatic carbocycles. The number of thiophene rings is 1. The highest BCUT2D eigenvalue weighted by Gasteiger charge is 2.32. The quantitative estimate of drug-likeness (QED) is 0.756. The lowest BCUT2D eigenvalue weighted by Crippen LogP contribution is -2.31. The lowest BCUT2D eigenvalue weighted by atomic mass is 9.72. The van der Waals surface area contributed by atoms with E-state index in [0.29, 0.717) is 11.3 Å². The molecule has 0 bridgehead atoms. The van der Waals surface area contributed by atoms with Gasteiger partial charge in [0.05, 0.1) is 17.8 Å². The number of rotatable bonds is 3. The summed E-state index contributed by atoms with van der Waals surface area (Å²) in [5.41, 5.74) is 1.27. The van der Waals surface area contributed by atoms with Crippen LogP contribution < -0.4 is 5.56 Å². The number of nitrogens with zero attached hydrogens (tertiary/aromatic N) is 2. The van der Waals surface area contributed by atoms with E-state index in [9.17, 15) is 9.59 Å². The molecule has 26 heavy (non-hydrogen) atoms. The maximum Gasteiger partial charge on any atom is 0.329 e. The molecule has 0 aromatic carbocycles. The minimum atomic E-state index is -0.678. The second-order valence-electron chi connectivity index (χ2n) is 8.61. The average Bonchev–Trinajstić information content (AvgIpc) is 2.91. The fourth-order valence-corrected chi connectivity index (χ4v) is 4.90. The Morgan fingerprint density at radius 1 is 1.35 bits per heavy atom. The van der Waals surface area contributed by atoms with Crippen LogP contribution in [0.25, 0.3) is 10.2 Å². The Hall–Kier alpha value is -1.69. The number of ether oxygens (including phenoxy) is 1. The van der Waals surface area contributed by atoms with Gasteiger partial charge in [0, 0.05) is 4.88 Å². The average molecular weight is 377 g/mol. The number of aryl methyl sites for hydroxylation is 1. The van der Waals surface area contributed by atoms with Crippen molar-refractivity contribution in [1.29, 1.82) is 0 Å². The van der Waals surface area contributed by atoms with Crippen LogP contribution in [0.1, 0.15) is 64.4 Å². The predicted molar refractivity (Wildman–Crippen MR) is 105 cm³/mol. The van der Waals surface area contributed by atoms with Crippen LogP contribution in [0, 0.1) is 11.3 Å². The molecule has 142 valence electrons. The first kappa shape index (κ1) is 19.1. The van der Waals surface area contributed by atoms with E-state index in [4.69, 9.17) is 4.74 Å². The molecule has 1 aliphatic rings. The minimum Gasteiger partial charge on any atom is -0.461 e. The molecule has 5 nitrogen and oxygen atoms in total. The highest BCUT2D eigenvalue weighted by Crippen LogP contribution is 2.42. The van der Waals surface area contributed by atoms with Crippen LogP contribution in [0.2, 0.25) is 0 Å². The van der Waals surface area contributed by atoms with Crippen LogP contribution in [0.3, 0.4) is 0 Å². The maximum absolute atomic E-state index is 13.1. The summed E-state index contributed by atoms with van der Waals surface area (Å²) in [5.74, 6) is 0.213. The summed E-state index contributed by atoms with van der Waals surface area (Å²) < 4.78 is 6.67. The van der Waals surface area contributed by atoms with Crippen LogP contribution in [0.4, 0.5) is 0 Å². The molecule has 2 aromatic heterocycles. The first-order valence-corrected chi connectivity index (χ1v) is 10.1. The molecule has 2 heterocycles. The highest BCUT2D eigenvalue weighted by molar-refractivity contribution is 7.18. The Morgan fingerprint density at radius 3 is 2.65 bits per heavy atom. The molecule has 2 atom stereocenters. The van der Waals surface area contributed by atoms with Crippen molar-refractivity contribution in [1.82, 2.24) is 9.55 Å². The van der Waals surface area contributed by atoms with E-state index in [0.717, 1.165) is 29.7 Å². The number of carbonyl (C=O) groups excluding carboxylic acids is 1. The third-order valence-corrected chi connectivity index (χ3v) is 6.49. The maximum atomic E-state index is 13.1. The van der Waals surface area contributed by atoms with Crippen molar-refractivity contribution in [3.05, 3.63) is 27.1 Å². The van der Waals surface area contributed by atoms with Crippen molar-refractivity contribution < 1.29 is 9.53 Å². The Kier molecular flexibility index (Phi) is 4.99. The molecule has 0 aliphatic heterocycles. The van der Waals surface area contributed by atoms with Gasteiger partial charge >= 0.3 is 5.97 Å². The smallest absolute Gasteiger partial charge is 0.329 e. The Bertz CT molecular complexity index is 889. The molecule has 0 saturated heterocycles. The van der Waals surface area contributed by atoms with Crippen molar-refractivity contribution in [2.24, 2.45) is 11.3 Å². The van der Waals surface area contributed by atoms with Crippen LogP contribution in [-0.2, 0) is 22.4 Å². The minimum absolute atomic E-state index is 0.130. The van der Waals surface area contributed by atoms with Gasteiger partial charge in [-0.2, -0.15) is 0 Å². The van der Waals surface area contributed by atoms with Gasteiger partial charge in [-0.3, -0.25) is 9.36 Å². The molecule has 0 N–H and O–H groups in total. The largest absolute Gasteiger partial charge is 0.461 e. The molecule has 0 fully saturated rings. The van der Waals surface area contributed by atoms with Crippen LogP contribution in [0.5, 0.6) is 0 Å². The van der Waals surface area contributed by atoms with Gasteiger partial charge in [-0.25, -0.2) is 9.78 Å². The summed E-state index contributed by atoms with van der Waals surface area (Å²) in [6, 6.07) is -0.678. The van der Waals surface area contributed by atoms with E-state index >= 15 is 0 Å². The van der Waals surface area contributed by atoms with E-state index in [2.05, 4.69) is 25.8 Å². The number of fused-ring (bicyclic) bond motifs is 3. The van der Waals surface area contributed by atoms with E-state index in [-0.39, 0.29) is 17.1 Å². The first-order chi connectivity index (χ1) is 12.1. The zero-order valence-corrected chi connectivity index (χ0v) is 17.3. The molecule has 6 heteroatoms. The fraction of sp³-hybridized carbons (Fsp3) is 0.650. The predicted octanol–water partition coefficient (Wildman–Crippen LogP) is 4.12. The molecule has 0 unspecified atom stereocenters. The van der Waals surface area contributed by atoms with Crippen LogP contribution in [0.15, 0.2) is 11.1 Å². The Balaban J connectivity index is 2.01. The van der Waals surface area contributed by atoms with E-state index < -0.39 is 12.0 Å². The lowest BCUT2D eigenvalue weighted by Gasteiger charge is -2.33. The number of carbonyl (C=O) groups is 1. The normalized spacial score (nSPS) is 18.8. The number of hydrogen-bond acceptors (Lipinski definition) is 5. The van der Waals surface area contributed by atoms with Gasteiger partial charge in [-0.1, -0.05) is 20.8 Å². The monoisotopic (exact) mass is 376 g/mol. The second-order valence-corrected chi connectivity index (χ2v) is 9.69. The number of aromatic nitrogens is 2. The van der Waals surface area contributed by atoms with Crippen LogP contribution >= 0.6 is 11.3 Å².